The first-order valence-electron chi connectivity index (χ1n) is 7.02. The smallest absolute Gasteiger partial charge is 0.363 e. The van der Waals surface area contributed by atoms with E-state index in [1.807, 2.05) is 0 Å². The zero-order valence-electron chi connectivity index (χ0n) is 12.9. The Kier molecular flexibility index (Phi) is 5.20. The molecule has 10 heteroatoms. The molecule has 0 saturated heterocycles. The third kappa shape index (κ3) is 3.21. The van der Waals surface area contributed by atoms with Crippen molar-refractivity contribution in [3.05, 3.63) is 39.8 Å². The first-order chi connectivity index (χ1) is 11.5. The summed E-state index contributed by atoms with van der Waals surface area (Å²) < 4.78 is 9.68. The predicted octanol–water partition coefficient (Wildman–Crippen LogP) is 1.73. The van der Waals surface area contributed by atoms with Crippen molar-refractivity contribution in [1.82, 2.24) is 15.2 Å². The van der Waals surface area contributed by atoms with E-state index in [-0.39, 0.29) is 30.0 Å². The quantitative estimate of drug-likeness (QED) is 0.479. The minimum Gasteiger partial charge on any atom is -0.462 e. The van der Waals surface area contributed by atoms with Crippen molar-refractivity contribution in [2.24, 2.45) is 0 Å². The zero-order chi connectivity index (χ0) is 17.7. The van der Waals surface area contributed by atoms with E-state index in [4.69, 9.17) is 9.47 Å². The van der Waals surface area contributed by atoms with E-state index in [0.29, 0.717) is 0 Å². The molecule has 0 radical (unpaired) electrons. The van der Waals surface area contributed by atoms with Crippen molar-refractivity contribution in [2.45, 2.75) is 13.8 Å². The van der Waals surface area contributed by atoms with Crippen LogP contribution < -0.4 is 0 Å². The Bertz CT molecular complexity index is 785. The fraction of sp³-hybridized carbons (Fsp3) is 0.286. The highest BCUT2D eigenvalue weighted by atomic mass is 16.6. The molecular formula is C14H14N4O6. The number of hydrogen-bond acceptors (Lipinski definition) is 8. The number of H-pyrrole nitrogens is 1. The second-order valence-electron chi connectivity index (χ2n) is 4.42. The number of carbonyl (C=O) groups is 2. The van der Waals surface area contributed by atoms with Gasteiger partial charge >= 0.3 is 17.6 Å². The Morgan fingerprint density at radius 1 is 1.25 bits per heavy atom. The van der Waals surface area contributed by atoms with E-state index in [1.54, 1.807) is 13.8 Å². The normalized spacial score (nSPS) is 10.2. The van der Waals surface area contributed by atoms with Crippen molar-refractivity contribution in [3.63, 3.8) is 0 Å². The highest BCUT2D eigenvalue weighted by molar-refractivity contribution is 6.00. The van der Waals surface area contributed by atoms with Gasteiger partial charge in [-0.05, 0) is 19.9 Å². The lowest BCUT2D eigenvalue weighted by molar-refractivity contribution is -0.384. The molecule has 2 aromatic rings. The van der Waals surface area contributed by atoms with Gasteiger partial charge in [0.1, 0.15) is 0 Å². The molecule has 2 heterocycles. The average Bonchev–Trinajstić information content (AvgIpc) is 3.00. The molecule has 0 atom stereocenters. The molecule has 2 rings (SSSR count). The molecule has 0 aromatic carbocycles. The lowest BCUT2D eigenvalue weighted by Crippen LogP contribution is -2.09. The van der Waals surface area contributed by atoms with Gasteiger partial charge in [-0.15, -0.1) is 0 Å². The maximum Gasteiger partial charge on any atom is 0.363 e. The number of carbonyl (C=O) groups excluding carboxylic acids is 2. The van der Waals surface area contributed by atoms with Gasteiger partial charge in [0.05, 0.1) is 23.7 Å². The topological polar surface area (TPSA) is 137 Å². The summed E-state index contributed by atoms with van der Waals surface area (Å²) in [4.78, 5) is 38.3. The minimum absolute atomic E-state index is 0.0469. The number of aromatic nitrogens is 3. The van der Waals surface area contributed by atoms with Crippen LogP contribution in [0.3, 0.4) is 0 Å². The fourth-order valence-corrected chi connectivity index (χ4v) is 2.02. The second-order valence-corrected chi connectivity index (χ2v) is 4.42. The Hall–Kier alpha value is -3.30. The number of nitrogens with one attached hydrogen (secondary N) is 1. The molecule has 10 nitrogen and oxygen atoms in total. The number of rotatable bonds is 6. The van der Waals surface area contributed by atoms with E-state index in [1.165, 1.54) is 18.5 Å². The Morgan fingerprint density at radius 3 is 2.54 bits per heavy atom. The molecule has 0 saturated carbocycles. The molecule has 0 aliphatic rings. The molecule has 0 spiro atoms. The number of esters is 2. The third-order valence-electron chi connectivity index (χ3n) is 2.97. The molecule has 0 fully saturated rings. The van der Waals surface area contributed by atoms with Gasteiger partial charge in [0, 0.05) is 18.0 Å². The van der Waals surface area contributed by atoms with Gasteiger partial charge in [0.25, 0.3) is 0 Å². The van der Waals surface area contributed by atoms with Crippen molar-refractivity contribution >= 4 is 17.6 Å². The molecular weight excluding hydrogens is 320 g/mol. The van der Waals surface area contributed by atoms with Crippen LogP contribution in [0.4, 0.5) is 5.69 Å². The molecule has 0 unspecified atom stereocenters. The Morgan fingerprint density at radius 2 is 1.92 bits per heavy atom. The molecule has 1 N–H and O–H groups in total. The minimum atomic E-state index is -0.912. The molecule has 126 valence electrons. The highest BCUT2D eigenvalue weighted by Crippen LogP contribution is 2.33. The van der Waals surface area contributed by atoms with Crippen LogP contribution >= 0.6 is 0 Å². The van der Waals surface area contributed by atoms with Crippen molar-refractivity contribution in [2.75, 3.05) is 13.2 Å². The summed E-state index contributed by atoms with van der Waals surface area (Å²) in [5.41, 5.74) is -1.06. The summed E-state index contributed by atoms with van der Waals surface area (Å²) >= 11 is 0. The van der Waals surface area contributed by atoms with Crippen molar-refractivity contribution < 1.29 is 24.0 Å². The maximum absolute atomic E-state index is 12.0. The first kappa shape index (κ1) is 17.1. The fourth-order valence-electron chi connectivity index (χ4n) is 2.02. The van der Waals surface area contributed by atoms with E-state index in [9.17, 15) is 19.7 Å². The Labute approximate surface area is 135 Å². The predicted molar refractivity (Wildman–Crippen MR) is 80.4 cm³/mol. The number of pyridine rings is 1. The number of nitrogens with zero attached hydrogens (tertiary/aromatic N) is 3. The van der Waals surface area contributed by atoms with Gasteiger partial charge in [0.2, 0.25) is 5.69 Å². The summed E-state index contributed by atoms with van der Waals surface area (Å²) in [6.45, 7) is 3.39. The van der Waals surface area contributed by atoms with Gasteiger partial charge in [-0.3, -0.25) is 20.2 Å². The molecule has 0 aliphatic carbocycles. The number of ether oxygens (including phenoxy) is 2. The summed E-state index contributed by atoms with van der Waals surface area (Å²) in [6.07, 6.45) is 2.59. The average molecular weight is 334 g/mol. The van der Waals surface area contributed by atoms with Gasteiger partial charge in [0.15, 0.2) is 5.69 Å². The standard InChI is InChI=1S/C14H14N4O6/c1-3-23-13(19)8-5-6-15-7-9(8)10-12(18(21)22)11(17-16-10)14(20)24-4-2/h5-7H,3-4H2,1-2H3,(H,16,17). The van der Waals surface area contributed by atoms with E-state index in [0.717, 1.165) is 0 Å². The van der Waals surface area contributed by atoms with Crippen molar-refractivity contribution in [3.8, 4) is 11.3 Å². The Balaban J connectivity index is 2.60. The molecule has 24 heavy (non-hydrogen) atoms. The van der Waals surface area contributed by atoms with Crippen LogP contribution in [0.25, 0.3) is 11.3 Å². The van der Waals surface area contributed by atoms with Crippen LogP contribution in [0.5, 0.6) is 0 Å². The van der Waals surface area contributed by atoms with Crippen LogP contribution in [0.1, 0.15) is 34.7 Å². The van der Waals surface area contributed by atoms with Crippen LogP contribution in [0, 0.1) is 10.1 Å². The van der Waals surface area contributed by atoms with Crippen LogP contribution in [0.2, 0.25) is 0 Å². The maximum atomic E-state index is 12.0. The van der Waals surface area contributed by atoms with Gasteiger partial charge in [-0.2, -0.15) is 5.10 Å². The number of hydrogen-bond donors (Lipinski definition) is 1. The summed E-state index contributed by atoms with van der Waals surface area (Å²) in [7, 11) is 0. The first-order valence-corrected chi connectivity index (χ1v) is 7.02. The van der Waals surface area contributed by atoms with Gasteiger partial charge in [-0.25, -0.2) is 9.59 Å². The zero-order valence-corrected chi connectivity index (χ0v) is 12.9. The number of aromatic amines is 1. The largest absolute Gasteiger partial charge is 0.462 e. The third-order valence-corrected chi connectivity index (χ3v) is 2.97. The second kappa shape index (κ2) is 7.31. The highest BCUT2D eigenvalue weighted by Gasteiger charge is 2.32. The lowest BCUT2D eigenvalue weighted by Gasteiger charge is -2.06. The van der Waals surface area contributed by atoms with E-state index >= 15 is 0 Å². The van der Waals surface area contributed by atoms with Crippen LogP contribution in [-0.4, -0.2) is 45.3 Å². The molecule has 0 amide bonds. The van der Waals surface area contributed by atoms with E-state index < -0.39 is 28.2 Å². The number of nitro groups is 1. The van der Waals surface area contributed by atoms with Gasteiger partial charge in [-0.1, -0.05) is 0 Å². The molecule has 0 bridgehead atoms. The molecule has 0 aliphatic heterocycles. The monoisotopic (exact) mass is 334 g/mol. The van der Waals surface area contributed by atoms with Crippen LogP contribution in [-0.2, 0) is 9.47 Å². The van der Waals surface area contributed by atoms with Crippen LogP contribution in [0.15, 0.2) is 18.5 Å². The lowest BCUT2D eigenvalue weighted by atomic mass is 10.1. The SMILES string of the molecule is CCOC(=O)c1ccncc1-c1n[nH]c(C(=O)OCC)c1[N+](=O)[O-]. The summed E-state index contributed by atoms with van der Waals surface area (Å²) in [5, 5.41) is 17.5. The van der Waals surface area contributed by atoms with E-state index in [2.05, 4.69) is 15.2 Å². The summed E-state index contributed by atoms with van der Waals surface area (Å²) in [6, 6.07) is 1.36. The molecule has 2 aromatic heterocycles. The van der Waals surface area contributed by atoms with Gasteiger partial charge < -0.3 is 9.47 Å². The summed E-state index contributed by atoms with van der Waals surface area (Å²) in [5.74, 6) is -1.59. The van der Waals surface area contributed by atoms with Crippen molar-refractivity contribution in [1.29, 1.82) is 0 Å².